The fourth-order valence-corrected chi connectivity index (χ4v) is 3.39. The molecule has 1 aromatic heterocycles. The fourth-order valence-electron chi connectivity index (χ4n) is 2.67. The normalized spacial score (nSPS) is 13.7. The molecule has 1 aliphatic heterocycles. The number of carbonyl (C=O) groups excluding carboxylic acids is 2. The first-order valence-corrected chi connectivity index (χ1v) is 9.22. The number of rotatable bonds is 5. The van der Waals surface area contributed by atoms with Crippen molar-refractivity contribution in [2.24, 2.45) is 0 Å². The van der Waals surface area contributed by atoms with E-state index >= 15 is 0 Å². The van der Waals surface area contributed by atoms with E-state index in [-0.39, 0.29) is 16.9 Å². The van der Waals surface area contributed by atoms with Crippen LogP contribution in [0.1, 0.15) is 17.7 Å². The third-order valence-electron chi connectivity index (χ3n) is 3.97. The van der Waals surface area contributed by atoms with Gasteiger partial charge in [-0.15, -0.1) is 0 Å². The summed E-state index contributed by atoms with van der Waals surface area (Å²) in [6.45, 7) is 1.52. The molecule has 2 aromatic rings. The summed E-state index contributed by atoms with van der Waals surface area (Å²) < 4.78 is 0. The van der Waals surface area contributed by atoms with Crippen molar-refractivity contribution in [1.29, 1.82) is 0 Å². The largest absolute Gasteiger partial charge is 0.325 e. The molecule has 8 nitrogen and oxygen atoms in total. The first-order valence-electron chi connectivity index (χ1n) is 8.40. The van der Waals surface area contributed by atoms with Crippen molar-refractivity contribution in [2.45, 2.75) is 12.8 Å². The van der Waals surface area contributed by atoms with Gasteiger partial charge in [-0.05, 0) is 43.2 Å². The maximum atomic E-state index is 12.1. The zero-order valence-electron chi connectivity index (χ0n) is 14.4. The van der Waals surface area contributed by atoms with Crippen LogP contribution in [0.15, 0.2) is 42.5 Å². The average Bonchev–Trinajstić information content (AvgIpc) is 3.32. The minimum Gasteiger partial charge on any atom is -0.325 e. The lowest BCUT2D eigenvalue weighted by Gasteiger charge is -2.16. The Morgan fingerprint density at radius 2 is 1.81 bits per heavy atom. The van der Waals surface area contributed by atoms with Crippen LogP contribution in [0.5, 0.6) is 0 Å². The number of nitro groups is 1. The standard InChI is InChI=1S/C18H18N4O4S/c23-16(8-6-15-7-9-17(27-15)22(25)26)19-13-4-3-5-14(12-13)20-18(24)21-10-1-2-11-21/h3-9,12H,1-2,10-11H2,(H,19,23)(H,20,24)/b8-6+. The van der Waals surface area contributed by atoms with E-state index < -0.39 is 4.92 Å². The molecule has 1 saturated heterocycles. The molecule has 140 valence electrons. The fraction of sp³-hybridized carbons (Fsp3) is 0.222. The molecule has 2 N–H and O–H groups in total. The second-order valence-electron chi connectivity index (χ2n) is 5.96. The number of nitrogens with one attached hydrogen (secondary N) is 2. The molecule has 9 heteroatoms. The Morgan fingerprint density at radius 1 is 1.11 bits per heavy atom. The molecule has 0 spiro atoms. The van der Waals surface area contributed by atoms with E-state index in [4.69, 9.17) is 0 Å². The number of thiophene rings is 1. The van der Waals surface area contributed by atoms with Gasteiger partial charge < -0.3 is 15.5 Å². The van der Waals surface area contributed by atoms with Crippen molar-refractivity contribution in [3.63, 3.8) is 0 Å². The second kappa shape index (κ2) is 8.45. The molecular weight excluding hydrogens is 368 g/mol. The Bertz CT molecular complexity index is 887. The number of likely N-dealkylation sites (tertiary alicyclic amines) is 1. The summed E-state index contributed by atoms with van der Waals surface area (Å²) in [7, 11) is 0. The number of carbonyl (C=O) groups is 2. The van der Waals surface area contributed by atoms with Gasteiger partial charge in [0.15, 0.2) is 0 Å². The van der Waals surface area contributed by atoms with E-state index in [0.29, 0.717) is 16.3 Å². The van der Waals surface area contributed by atoms with Crippen LogP contribution in [0, 0.1) is 10.1 Å². The summed E-state index contributed by atoms with van der Waals surface area (Å²) in [4.78, 5) is 36.7. The molecule has 0 aliphatic carbocycles. The highest BCUT2D eigenvalue weighted by atomic mass is 32.1. The number of benzene rings is 1. The molecule has 2 heterocycles. The van der Waals surface area contributed by atoms with Crippen LogP contribution < -0.4 is 10.6 Å². The van der Waals surface area contributed by atoms with E-state index in [0.717, 1.165) is 37.3 Å². The molecule has 1 aromatic carbocycles. The first-order chi connectivity index (χ1) is 13.0. The Kier molecular flexibility index (Phi) is 5.82. The summed E-state index contributed by atoms with van der Waals surface area (Å²) >= 11 is 0.993. The van der Waals surface area contributed by atoms with E-state index in [1.165, 1.54) is 18.2 Å². The molecule has 3 amide bonds. The monoisotopic (exact) mass is 386 g/mol. The molecule has 3 rings (SSSR count). The summed E-state index contributed by atoms with van der Waals surface area (Å²) in [5, 5.41) is 16.2. The SMILES string of the molecule is O=C(/C=C/c1ccc([N+](=O)[O-])s1)Nc1cccc(NC(=O)N2CCCC2)c1. The quantitative estimate of drug-likeness (QED) is 0.461. The lowest BCUT2D eigenvalue weighted by molar-refractivity contribution is -0.380. The van der Waals surface area contributed by atoms with Gasteiger partial charge in [-0.1, -0.05) is 17.4 Å². The van der Waals surface area contributed by atoms with Gasteiger partial charge in [0, 0.05) is 41.5 Å². The zero-order valence-corrected chi connectivity index (χ0v) is 15.2. The van der Waals surface area contributed by atoms with E-state index in [1.807, 2.05) is 0 Å². The topological polar surface area (TPSA) is 105 Å². The van der Waals surface area contributed by atoms with Gasteiger partial charge >= 0.3 is 11.0 Å². The van der Waals surface area contributed by atoms with Crippen LogP contribution in [0.4, 0.5) is 21.2 Å². The molecule has 0 saturated carbocycles. The third kappa shape index (κ3) is 5.14. The minimum atomic E-state index is -0.468. The Balaban J connectivity index is 1.58. The van der Waals surface area contributed by atoms with Crippen LogP contribution in [-0.4, -0.2) is 34.9 Å². The van der Waals surface area contributed by atoms with Crippen molar-refractivity contribution in [3.05, 3.63) is 57.5 Å². The zero-order chi connectivity index (χ0) is 19.2. The summed E-state index contributed by atoms with van der Waals surface area (Å²) in [5.74, 6) is -0.367. The van der Waals surface area contributed by atoms with Gasteiger partial charge in [0.1, 0.15) is 0 Å². The number of anilines is 2. The van der Waals surface area contributed by atoms with E-state index in [9.17, 15) is 19.7 Å². The van der Waals surface area contributed by atoms with Crippen LogP contribution in [0.2, 0.25) is 0 Å². The number of hydrogen-bond donors (Lipinski definition) is 2. The van der Waals surface area contributed by atoms with Gasteiger partial charge in [-0.3, -0.25) is 14.9 Å². The summed E-state index contributed by atoms with van der Waals surface area (Å²) in [6, 6.07) is 9.72. The van der Waals surface area contributed by atoms with E-state index in [2.05, 4.69) is 10.6 Å². The van der Waals surface area contributed by atoms with Crippen LogP contribution in [-0.2, 0) is 4.79 Å². The average molecular weight is 386 g/mol. The molecule has 0 radical (unpaired) electrons. The van der Waals surface area contributed by atoms with E-state index in [1.54, 1.807) is 35.2 Å². The molecular formula is C18H18N4O4S. The molecule has 0 bridgehead atoms. The summed E-state index contributed by atoms with van der Waals surface area (Å²) in [6.07, 6.45) is 4.86. The Labute approximate surface area is 159 Å². The van der Waals surface area contributed by atoms with Crippen molar-refractivity contribution in [2.75, 3.05) is 23.7 Å². The van der Waals surface area contributed by atoms with Gasteiger partial charge in [-0.25, -0.2) is 4.79 Å². The van der Waals surface area contributed by atoms with Gasteiger partial charge in [0.25, 0.3) is 0 Å². The molecule has 1 aliphatic rings. The van der Waals surface area contributed by atoms with Crippen molar-refractivity contribution < 1.29 is 14.5 Å². The van der Waals surface area contributed by atoms with Gasteiger partial charge in [0.2, 0.25) is 5.91 Å². The number of amides is 3. The number of hydrogen-bond acceptors (Lipinski definition) is 5. The predicted molar refractivity (Wildman–Crippen MR) is 105 cm³/mol. The lowest BCUT2D eigenvalue weighted by atomic mass is 10.2. The maximum absolute atomic E-state index is 12.1. The number of urea groups is 1. The van der Waals surface area contributed by atoms with Crippen molar-refractivity contribution >= 4 is 45.7 Å². The minimum absolute atomic E-state index is 0.0245. The highest BCUT2D eigenvalue weighted by Gasteiger charge is 2.17. The molecule has 0 atom stereocenters. The lowest BCUT2D eigenvalue weighted by Crippen LogP contribution is -2.32. The van der Waals surface area contributed by atoms with Gasteiger partial charge in [-0.2, -0.15) is 0 Å². The van der Waals surface area contributed by atoms with Crippen LogP contribution in [0.3, 0.4) is 0 Å². The smallest absolute Gasteiger partial charge is 0.324 e. The van der Waals surface area contributed by atoms with Crippen LogP contribution in [0.25, 0.3) is 6.08 Å². The summed E-state index contributed by atoms with van der Waals surface area (Å²) in [5.41, 5.74) is 1.14. The van der Waals surface area contributed by atoms with Crippen molar-refractivity contribution in [3.8, 4) is 0 Å². The maximum Gasteiger partial charge on any atom is 0.324 e. The van der Waals surface area contributed by atoms with Crippen LogP contribution >= 0.6 is 11.3 Å². The highest BCUT2D eigenvalue weighted by Crippen LogP contribution is 2.25. The Hall–Kier alpha value is -3.20. The number of nitrogens with zero attached hydrogens (tertiary/aromatic N) is 2. The van der Waals surface area contributed by atoms with Crippen molar-refractivity contribution in [1.82, 2.24) is 4.90 Å². The second-order valence-corrected chi connectivity index (χ2v) is 7.05. The molecule has 1 fully saturated rings. The molecule has 0 unspecified atom stereocenters. The highest BCUT2D eigenvalue weighted by molar-refractivity contribution is 7.16. The predicted octanol–water partition coefficient (Wildman–Crippen LogP) is 3.94. The molecule has 27 heavy (non-hydrogen) atoms. The first kappa shape index (κ1) is 18.6. The Morgan fingerprint density at radius 3 is 2.48 bits per heavy atom. The van der Waals surface area contributed by atoms with Gasteiger partial charge in [0.05, 0.1) is 4.92 Å². The third-order valence-corrected chi connectivity index (χ3v) is 4.97.